The van der Waals surface area contributed by atoms with Crippen molar-refractivity contribution in [2.24, 2.45) is 0 Å². The van der Waals surface area contributed by atoms with E-state index in [9.17, 15) is 14.7 Å². The molecule has 2 amide bonds. The van der Waals surface area contributed by atoms with E-state index in [-0.39, 0.29) is 25.0 Å². The maximum Gasteiger partial charge on any atom is 0.241 e. The molecule has 2 heterocycles. The van der Waals surface area contributed by atoms with E-state index in [0.717, 1.165) is 30.5 Å². The molecule has 0 radical (unpaired) electrons. The fraction of sp³-hybridized carbons (Fsp3) is 0.529. The number of aliphatic hydroxyl groups excluding tert-OH is 1. The third kappa shape index (κ3) is 2.20. The van der Waals surface area contributed by atoms with Gasteiger partial charge in [0.05, 0.1) is 6.61 Å². The Labute approximate surface area is 130 Å². The molecule has 5 heteroatoms. The zero-order valence-corrected chi connectivity index (χ0v) is 12.9. The van der Waals surface area contributed by atoms with Gasteiger partial charge >= 0.3 is 0 Å². The highest BCUT2D eigenvalue weighted by Gasteiger charge is 2.50. The van der Waals surface area contributed by atoms with Crippen molar-refractivity contribution >= 4 is 17.5 Å². The smallest absolute Gasteiger partial charge is 0.241 e. The molecule has 0 bridgehead atoms. The van der Waals surface area contributed by atoms with E-state index < -0.39 is 5.41 Å². The number of nitrogens with zero attached hydrogens (tertiary/aromatic N) is 2. The van der Waals surface area contributed by atoms with Gasteiger partial charge in [0.2, 0.25) is 11.8 Å². The second kappa shape index (κ2) is 5.72. The fourth-order valence-corrected chi connectivity index (χ4v) is 3.60. The standard InChI is InChI=1S/C17H22N2O3/c1-18-14-8-5-4-7-13(14)17(12-20,16(18)22)11-19-10-6-2-3-9-15(19)21/h4-5,7-8,20H,2-3,6,9-12H2,1H3. The Morgan fingerprint density at radius 2 is 1.95 bits per heavy atom. The van der Waals surface area contributed by atoms with Gasteiger partial charge in [0.15, 0.2) is 0 Å². The minimum absolute atomic E-state index is 0.0881. The van der Waals surface area contributed by atoms with Crippen molar-refractivity contribution in [1.29, 1.82) is 0 Å². The molecule has 0 spiro atoms. The van der Waals surface area contributed by atoms with Crippen LogP contribution in [0.2, 0.25) is 0 Å². The lowest BCUT2D eigenvalue weighted by molar-refractivity contribution is -0.134. The average molecular weight is 302 g/mol. The summed E-state index contributed by atoms with van der Waals surface area (Å²) in [5.41, 5.74) is 0.622. The highest BCUT2D eigenvalue weighted by molar-refractivity contribution is 6.08. The normalized spacial score (nSPS) is 25.4. The number of rotatable bonds is 3. The summed E-state index contributed by atoms with van der Waals surface area (Å²) >= 11 is 0. The Bertz CT molecular complexity index is 601. The minimum Gasteiger partial charge on any atom is -0.395 e. The number of hydrogen-bond donors (Lipinski definition) is 1. The van der Waals surface area contributed by atoms with E-state index in [0.29, 0.717) is 13.0 Å². The van der Waals surface area contributed by atoms with Crippen LogP contribution in [0.25, 0.3) is 0 Å². The van der Waals surface area contributed by atoms with Crippen LogP contribution in [0.4, 0.5) is 5.69 Å². The van der Waals surface area contributed by atoms with Crippen LogP contribution < -0.4 is 4.90 Å². The molecule has 5 nitrogen and oxygen atoms in total. The van der Waals surface area contributed by atoms with E-state index in [1.165, 1.54) is 0 Å². The number of carbonyl (C=O) groups is 2. The van der Waals surface area contributed by atoms with E-state index in [1.807, 2.05) is 24.3 Å². The van der Waals surface area contributed by atoms with Gasteiger partial charge in [0.25, 0.3) is 0 Å². The number of hydrogen-bond acceptors (Lipinski definition) is 3. The lowest BCUT2D eigenvalue weighted by atomic mass is 9.81. The van der Waals surface area contributed by atoms with Crippen LogP contribution in [0, 0.1) is 0 Å². The summed E-state index contributed by atoms with van der Waals surface area (Å²) in [5, 5.41) is 10.1. The molecule has 0 aromatic heterocycles. The van der Waals surface area contributed by atoms with Gasteiger partial charge in [0.1, 0.15) is 5.41 Å². The first-order chi connectivity index (χ1) is 10.6. The molecule has 2 aliphatic heterocycles. The van der Waals surface area contributed by atoms with Crippen molar-refractivity contribution in [3.05, 3.63) is 29.8 Å². The molecule has 1 unspecified atom stereocenters. The Hall–Kier alpha value is -1.88. The number of fused-ring (bicyclic) bond motifs is 1. The quantitative estimate of drug-likeness (QED) is 0.915. The van der Waals surface area contributed by atoms with Crippen LogP contribution >= 0.6 is 0 Å². The van der Waals surface area contributed by atoms with Gasteiger partial charge in [-0.15, -0.1) is 0 Å². The number of aliphatic hydroxyl groups is 1. The van der Waals surface area contributed by atoms with Crippen LogP contribution in [-0.2, 0) is 15.0 Å². The number of likely N-dealkylation sites (N-methyl/N-ethyl adjacent to an activating group) is 1. The Morgan fingerprint density at radius 3 is 2.73 bits per heavy atom. The highest BCUT2D eigenvalue weighted by Crippen LogP contribution is 2.41. The van der Waals surface area contributed by atoms with Crippen LogP contribution in [0.15, 0.2) is 24.3 Å². The van der Waals surface area contributed by atoms with E-state index in [2.05, 4.69) is 0 Å². The Morgan fingerprint density at radius 1 is 1.18 bits per heavy atom. The molecular weight excluding hydrogens is 280 g/mol. The number of anilines is 1. The Kier molecular flexibility index (Phi) is 3.91. The summed E-state index contributed by atoms with van der Waals surface area (Å²) in [4.78, 5) is 28.4. The van der Waals surface area contributed by atoms with Crippen LogP contribution in [-0.4, -0.2) is 48.6 Å². The van der Waals surface area contributed by atoms with Crippen molar-refractivity contribution in [2.45, 2.75) is 31.1 Å². The van der Waals surface area contributed by atoms with Gasteiger partial charge in [0, 0.05) is 32.2 Å². The predicted octanol–water partition coefficient (Wildman–Crippen LogP) is 1.30. The molecule has 22 heavy (non-hydrogen) atoms. The largest absolute Gasteiger partial charge is 0.395 e. The lowest BCUT2D eigenvalue weighted by Crippen LogP contribution is -2.51. The molecule has 2 aliphatic rings. The van der Waals surface area contributed by atoms with Crippen molar-refractivity contribution in [3.63, 3.8) is 0 Å². The molecule has 1 N–H and O–H groups in total. The summed E-state index contributed by atoms with van der Waals surface area (Å²) in [6.07, 6.45) is 3.44. The molecule has 1 atom stereocenters. The molecule has 1 aromatic carbocycles. The van der Waals surface area contributed by atoms with Crippen LogP contribution in [0.3, 0.4) is 0 Å². The average Bonchev–Trinajstić information content (AvgIpc) is 2.67. The van der Waals surface area contributed by atoms with E-state index >= 15 is 0 Å². The summed E-state index contributed by atoms with van der Waals surface area (Å²) < 4.78 is 0. The molecule has 1 fully saturated rings. The van der Waals surface area contributed by atoms with E-state index in [4.69, 9.17) is 0 Å². The SMILES string of the molecule is CN1C(=O)C(CO)(CN2CCCCCC2=O)c2ccccc21. The van der Waals surface area contributed by atoms with Crippen molar-refractivity contribution < 1.29 is 14.7 Å². The molecule has 0 aliphatic carbocycles. The van der Waals surface area contributed by atoms with Gasteiger partial charge in [-0.05, 0) is 24.5 Å². The molecule has 1 saturated heterocycles. The first-order valence-electron chi connectivity index (χ1n) is 7.86. The predicted molar refractivity (Wildman–Crippen MR) is 83.7 cm³/mol. The third-order valence-corrected chi connectivity index (χ3v) is 4.90. The number of para-hydroxylation sites is 1. The summed E-state index contributed by atoms with van der Waals surface area (Å²) in [7, 11) is 1.73. The van der Waals surface area contributed by atoms with Gasteiger partial charge in [-0.1, -0.05) is 24.6 Å². The first-order valence-corrected chi connectivity index (χ1v) is 7.86. The molecule has 3 rings (SSSR count). The molecule has 118 valence electrons. The lowest BCUT2D eigenvalue weighted by Gasteiger charge is -2.32. The van der Waals surface area contributed by atoms with Crippen molar-refractivity contribution in [1.82, 2.24) is 4.90 Å². The molecular formula is C17H22N2O3. The first kappa shape index (κ1) is 15.0. The molecule has 0 saturated carbocycles. The van der Waals surface area contributed by atoms with Crippen molar-refractivity contribution in [3.8, 4) is 0 Å². The summed E-state index contributed by atoms with van der Waals surface area (Å²) in [6.45, 7) is 0.652. The Balaban J connectivity index is 1.98. The number of carbonyl (C=O) groups excluding carboxylic acids is 2. The van der Waals surface area contributed by atoms with Crippen LogP contribution in [0.5, 0.6) is 0 Å². The topological polar surface area (TPSA) is 60.9 Å². The third-order valence-electron chi connectivity index (χ3n) is 4.90. The van der Waals surface area contributed by atoms with Gasteiger partial charge in [-0.25, -0.2) is 0 Å². The summed E-state index contributed by atoms with van der Waals surface area (Å²) in [5.74, 6) is -0.0431. The van der Waals surface area contributed by atoms with Gasteiger partial charge in [-0.2, -0.15) is 0 Å². The molecule has 1 aromatic rings. The minimum atomic E-state index is -1.02. The summed E-state index contributed by atoms with van der Waals surface area (Å²) in [6, 6.07) is 7.53. The van der Waals surface area contributed by atoms with Gasteiger partial charge in [-0.3, -0.25) is 9.59 Å². The highest BCUT2D eigenvalue weighted by atomic mass is 16.3. The van der Waals surface area contributed by atoms with Crippen LogP contribution in [0.1, 0.15) is 31.2 Å². The zero-order chi connectivity index (χ0) is 15.7. The zero-order valence-electron chi connectivity index (χ0n) is 12.9. The monoisotopic (exact) mass is 302 g/mol. The maximum atomic E-state index is 12.8. The van der Waals surface area contributed by atoms with Crippen molar-refractivity contribution in [2.75, 3.05) is 31.6 Å². The number of likely N-dealkylation sites (tertiary alicyclic amines) is 1. The fourth-order valence-electron chi connectivity index (χ4n) is 3.60. The van der Waals surface area contributed by atoms with E-state index in [1.54, 1.807) is 16.8 Å². The number of benzene rings is 1. The number of amides is 2. The maximum absolute atomic E-state index is 12.8. The second-order valence-corrected chi connectivity index (χ2v) is 6.25. The van der Waals surface area contributed by atoms with Gasteiger partial charge < -0.3 is 14.9 Å². The second-order valence-electron chi connectivity index (χ2n) is 6.25.